The van der Waals surface area contributed by atoms with E-state index in [9.17, 15) is 40.7 Å². The molecule has 0 saturated carbocycles. The van der Waals surface area contributed by atoms with Gasteiger partial charge in [-0.2, -0.15) is 26.3 Å². The topological polar surface area (TPSA) is 139 Å². The van der Waals surface area contributed by atoms with Crippen molar-refractivity contribution in [1.29, 1.82) is 0 Å². The summed E-state index contributed by atoms with van der Waals surface area (Å²) < 4.78 is 76.0. The van der Waals surface area contributed by atoms with Crippen LogP contribution in [0.3, 0.4) is 0 Å². The van der Waals surface area contributed by atoms with E-state index in [4.69, 9.17) is 15.9 Å². The highest BCUT2D eigenvalue weighted by molar-refractivity contribution is 5.87. The lowest BCUT2D eigenvalue weighted by Crippen LogP contribution is -2.53. The Bertz CT molecular complexity index is 464. The first-order chi connectivity index (χ1) is 10.2. The quantitative estimate of drug-likeness (QED) is 0.350. The summed E-state index contributed by atoms with van der Waals surface area (Å²) in [6, 6.07) is -5.04. The zero-order valence-electron chi connectivity index (χ0n) is 10.8. The van der Waals surface area contributed by atoms with Crippen molar-refractivity contribution in [1.82, 2.24) is 5.32 Å². The number of carbonyl (C=O) groups is 3. The van der Waals surface area contributed by atoms with Crippen molar-refractivity contribution in [3.8, 4) is 0 Å². The highest BCUT2D eigenvalue weighted by Crippen LogP contribution is 2.22. The number of hydrogen-bond acceptors (Lipinski definition) is 6. The number of alkyl halides is 6. The number of halogens is 6. The normalized spacial score (nSPS) is 16.2. The SMILES string of the molecule is NC(C(=O)OC[C@H](NC(=O)C(F)(F)F)C(=O)O)C(O)C(F)(F)F. The summed E-state index contributed by atoms with van der Waals surface area (Å²) in [5, 5.41) is 18.2. The monoisotopic (exact) mass is 356 g/mol. The van der Waals surface area contributed by atoms with Crippen molar-refractivity contribution < 1.29 is 55.7 Å². The van der Waals surface area contributed by atoms with E-state index in [1.165, 1.54) is 0 Å². The lowest BCUT2D eigenvalue weighted by Gasteiger charge is -2.21. The van der Waals surface area contributed by atoms with Gasteiger partial charge in [0.1, 0.15) is 12.6 Å². The van der Waals surface area contributed by atoms with E-state index in [0.717, 1.165) is 5.32 Å². The minimum absolute atomic E-state index is 0.944. The third kappa shape index (κ3) is 6.68. The molecule has 0 heterocycles. The van der Waals surface area contributed by atoms with E-state index in [0.29, 0.717) is 0 Å². The van der Waals surface area contributed by atoms with Crippen molar-refractivity contribution >= 4 is 17.8 Å². The van der Waals surface area contributed by atoms with Gasteiger partial charge in [-0.3, -0.25) is 9.59 Å². The lowest BCUT2D eigenvalue weighted by molar-refractivity contribution is -0.214. The predicted molar refractivity (Wildman–Crippen MR) is 56.6 cm³/mol. The van der Waals surface area contributed by atoms with Crippen LogP contribution in [-0.2, 0) is 19.1 Å². The number of aliphatic hydroxyl groups excluding tert-OH is 1. The Morgan fingerprint density at radius 1 is 1.13 bits per heavy atom. The molecule has 2 unspecified atom stereocenters. The van der Waals surface area contributed by atoms with Crippen LogP contribution in [0.1, 0.15) is 0 Å². The number of aliphatic hydroxyl groups is 1. The molecule has 0 aliphatic carbocycles. The highest BCUT2D eigenvalue weighted by Gasteiger charge is 2.46. The van der Waals surface area contributed by atoms with Gasteiger partial charge in [0.15, 0.2) is 12.1 Å². The maximum Gasteiger partial charge on any atom is 0.471 e. The molecule has 0 aromatic carbocycles. The molecule has 8 nitrogen and oxygen atoms in total. The molecule has 134 valence electrons. The molecule has 0 aromatic heterocycles. The highest BCUT2D eigenvalue weighted by atomic mass is 19.4. The molecule has 0 spiro atoms. The molecule has 0 radical (unpaired) electrons. The van der Waals surface area contributed by atoms with E-state index >= 15 is 0 Å². The van der Waals surface area contributed by atoms with E-state index in [1.807, 2.05) is 0 Å². The number of carboxylic acid groups (broad SMARTS) is 1. The Morgan fingerprint density at radius 3 is 1.96 bits per heavy atom. The Balaban J connectivity index is 4.74. The van der Waals surface area contributed by atoms with Gasteiger partial charge in [0.05, 0.1) is 0 Å². The molecule has 0 aliphatic rings. The molecule has 0 aliphatic heterocycles. The average molecular weight is 356 g/mol. The molecule has 23 heavy (non-hydrogen) atoms. The maximum atomic E-state index is 12.1. The smallest absolute Gasteiger partial charge is 0.471 e. The fourth-order valence-corrected chi connectivity index (χ4v) is 1.01. The Morgan fingerprint density at radius 2 is 1.61 bits per heavy atom. The van der Waals surface area contributed by atoms with Crippen LogP contribution in [0.2, 0.25) is 0 Å². The number of hydrogen-bond donors (Lipinski definition) is 4. The summed E-state index contributed by atoms with van der Waals surface area (Å²) in [5.41, 5.74) is 4.72. The zero-order valence-corrected chi connectivity index (χ0v) is 10.8. The van der Waals surface area contributed by atoms with E-state index < -0.39 is 55.0 Å². The number of nitrogens with one attached hydrogen (secondary N) is 1. The Kier molecular flexibility index (Phi) is 6.77. The van der Waals surface area contributed by atoms with Crippen LogP contribution in [0, 0.1) is 0 Å². The molecule has 5 N–H and O–H groups in total. The van der Waals surface area contributed by atoms with Gasteiger partial charge in [-0.15, -0.1) is 0 Å². The van der Waals surface area contributed by atoms with Gasteiger partial charge < -0.3 is 26.0 Å². The third-order valence-corrected chi connectivity index (χ3v) is 2.20. The summed E-state index contributed by atoms with van der Waals surface area (Å²) in [7, 11) is 0. The number of ether oxygens (including phenoxy) is 1. The standard InChI is InChI=1S/C9H10F6N2O6/c10-8(11,12)4(18)3(16)6(21)23-1-2(5(19)20)17-7(22)9(13,14)15/h2-4,18H,1,16H2,(H,17,22)(H,19,20)/t2-,3?,4?/m0/s1. The maximum absolute atomic E-state index is 12.1. The molecule has 14 heteroatoms. The zero-order chi connectivity index (χ0) is 18.6. The molecule has 1 amide bonds. The summed E-state index contributed by atoms with van der Waals surface area (Å²) in [5.74, 6) is -6.65. The van der Waals surface area contributed by atoms with Gasteiger partial charge in [-0.05, 0) is 0 Å². The number of rotatable bonds is 6. The van der Waals surface area contributed by atoms with E-state index in [1.54, 1.807) is 0 Å². The van der Waals surface area contributed by atoms with Crippen LogP contribution in [0.5, 0.6) is 0 Å². The third-order valence-electron chi connectivity index (χ3n) is 2.20. The number of carboxylic acids is 1. The van der Waals surface area contributed by atoms with Gasteiger partial charge in [-0.1, -0.05) is 0 Å². The van der Waals surface area contributed by atoms with Gasteiger partial charge >= 0.3 is 30.2 Å². The average Bonchev–Trinajstić information content (AvgIpc) is 2.38. The Hall–Kier alpha value is -2.09. The van der Waals surface area contributed by atoms with E-state index in [2.05, 4.69) is 4.74 Å². The molecule has 0 rings (SSSR count). The van der Waals surface area contributed by atoms with Crippen molar-refractivity contribution in [2.75, 3.05) is 6.61 Å². The van der Waals surface area contributed by atoms with Crippen LogP contribution >= 0.6 is 0 Å². The summed E-state index contributed by atoms with van der Waals surface area (Å²) in [6.07, 6.45) is -14.0. The second-order valence-electron chi connectivity index (χ2n) is 4.00. The van der Waals surface area contributed by atoms with Crippen LogP contribution in [0.25, 0.3) is 0 Å². The summed E-state index contributed by atoms with van der Waals surface area (Å²) >= 11 is 0. The number of amides is 1. The summed E-state index contributed by atoms with van der Waals surface area (Å²) in [6.45, 7) is -1.44. The molecular formula is C9H10F6N2O6. The number of nitrogens with two attached hydrogens (primary N) is 1. The molecule has 0 aromatic rings. The second-order valence-corrected chi connectivity index (χ2v) is 4.00. The van der Waals surface area contributed by atoms with Crippen molar-refractivity contribution in [2.24, 2.45) is 5.73 Å². The van der Waals surface area contributed by atoms with Crippen molar-refractivity contribution in [2.45, 2.75) is 30.5 Å². The second kappa shape index (κ2) is 7.45. The fraction of sp³-hybridized carbons (Fsp3) is 0.667. The van der Waals surface area contributed by atoms with Gasteiger partial charge in [-0.25, -0.2) is 4.79 Å². The lowest BCUT2D eigenvalue weighted by atomic mass is 10.1. The Labute approximate surface area is 123 Å². The van der Waals surface area contributed by atoms with Gasteiger partial charge in [0, 0.05) is 0 Å². The molecule has 0 saturated heterocycles. The van der Waals surface area contributed by atoms with Crippen molar-refractivity contribution in [3.63, 3.8) is 0 Å². The van der Waals surface area contributed by atoms with Crippen molar-refractivity contribution in [3.05, 3.63) is 0 Å². The van der Waals surface area contributed by atoms with Crippen LogP contribution in [-0.4, -0.2) is 65.2 Å². The molecule has 3 atom stereocenters. The van der Waals surface area contributed by atoms with Gasteiger partial charge in [0.2, 0.25) is 0 Å². The minimum Gasteiger partial charge on any atom is -0.480 e. The minimum atomic E-state index is -5.43. The number of aliphatic carboxylic acids is 1. The number of carbonyl (C=O) groups excluding carboxylic acids is 2. The first-order valence-corrected chi connectivity index (χ1v) is 5.45. The van der Waals surface area contributed by atoms with Gasteiger partial charge in [0.25, 0.3) is 0 Å². The number of esters is 1. The van der Waals surface area contributed by atoms with Crippen LogP contribution < -0.4 is 11.1 Å². The van der Waals surface area contributed by atoms with Crippen LogP contribution in [0.4, 0.5) is 26.3 Å². The molecule has 0 bridgehead atoms. The molecular weight excluding hydrogens is 346 g/mol. The first kappa shape index (κ1) is 20.9. The predicted octanol–water partition coefficient (Wildman–Crippen LogP) is -1.09. The first-order valence-electron chi connectivity index (χ1n) is 5.45. The fourth-order valence-electron chi connectivity index (χ4n) is 1.01. The summed E-state index contributed by atoms with van der Waals surface area (Å²) in [4.78, 5) is 32.3. The largest absolute Gasteiger partial charge is 0.480 e. The molecule has 0 fully saturated rings. The van der Waals surface area contributed by atoms with Crippen LogP contribution in [0.15, 0.2) is 0 Å². The van der Waals surface area contributed by atoms with E-state index in [-0.39, 0.29) is 0 Å².